The molecular formula is C8H10IN2S-. The molecule has 0 amide bonds. The van der Waals surface area contributed by atoms with E-state index in [9.17, 15) is 0 Å². The number of nitrogens with zero attached hydrogens (tertiary/aromatic N) is 2. The van der Waals surface area contributed by atoms with Crippen LogP contribution in [-0.2, 0) is 6.42 Å². The molecule has 2 rings (SSSR count). The summed E-state index contributed by atoms with van der Waals surface area (Å²) in [6, 6.07) is 0. The number of rotatable bonds is 1. The van der Waals surface area contributed by atoms with Crippen LogP contribution < -0.4 is 21.2 Å². The fraction of sp³-hybridized carbons (Fsp3) is 0.500. The molecule has 0 bridgehead atoms. The van der Waals surface area contributed by atoms with Crippen LogP contribution in [0, 0.1) is 10.8 Å². The minimum absolute atomic E-state index is 0.0491. The van der Waals surface area contributed by atoms with E-state index in [-0.39, 0.29) is 21.2 Å². The molecule has 0 aromatic carbocycles. The molecule has 0 fully saturated rings. The van der Waals surface area contributed by atoms with Gasteiger partial charge < -0.3 is 0 Å². The Bertz CT molecular complexity index is 314. The summed E-state index contributed by atoms with van der Waals surface area (Å²) >= 11 is 1.93. The van der Waals surface area contributed by atoms with Crippen LogP contribution in [0.2, 0.25) is 0 Å². The van der Waals surface area contributed by atoms with Gasteiger partial charge in [0.25, 0.3) is 0 Å². The standard InChI is InChI=1S/C8H10IN2S/c1-5-6-3-4-12-7(6)11-8(9-2)10-5/h3-4H2,1-2H3/q-1. The molecule has 0 N–H and O–H groups in total. The summed E-state index contributed by atoms with van der Waals surface area (Å²) in [5, 5.41) is 1.25. The molecule has 0 saturated heterocycles. The van der Waals surface area contributed by atoms with Gasteiger partial charge in [-0.15, -0.1) is 0 Å². The summed E-state index contributed by atoms with van der Waals surface area (Å²) in [4.78, 5) is 11.2. The van der Waals surface area contributed by atoms with Crippen molar-refractivity contribution in [3.05, 3.63) is 15.1 Å². The Hall–Kier alpha value is 0.160. The Morgan fingerprint density at radius 1 is 1.42 bits per heavy atom. The Labute approximate surface area is 86.8 Å². The zero-order valence-electron chi connectivity index (χ0n) is 7.09. The first-order valence-corrected chi connectivity index (χ1v) is 8.03. The van der Waals surface area contributed by atoms with Crippen LogP contribution in [0.1, 0.15) is 11.3 Å². The van der Waals surface area contributed by atoms with E-state index in [0.29, 0.717) is 0 Å². The third kappa shape index (κ3) is 1.46. The molecular weight excluding hydrogens is 283 g/mol. The molecule has 1 aromatic rings. The van der Waals surface area contributed by atoms with E-state index < -0.39 is 0 Å². The van der Waals surface area contributed by atoms with Crippen LogP contribution in [0.25, 0.3) is 0 Å². The molecule has 0 radical (unpaired) electrons. The van der Waals surface area contributed by atoms with E-state index in [1.54, 1.807) is 0 Å². The molecule has 0 unspecified atom stereocenters. The van der Waals surface area contributed by atoms with Crippen molar-refractivity contribution in [2.75, 3.05) is 10.7 Å². The van der Waals surface area contributed by atoms with Crippen LogP contribution in [0.15, 0.2) is 5.03 Å². The predicted molar refractivity (Wildman–Crippen MR) is 45.8 cm³/mol. The number of alkyl halides is 1. The molecule has 0 aliphatic carbocycles. The van der Waals surface area contributed by atoms with Crippen molar-refractivity contribution < 1.29 is 21.2 Å². The normalized spacial score (nSPS) is 15.2. The average molecular weight is 293 g/mol. The SMILES string of the molecule is C[I-]c1nc(C)c2c(n1)SCC2. The van der Waals surface area contributed by atoms with E-state index in [4.69, 9.17) is 0 Å². The van der Waals surface area contributed by atoms with E-state index in [0.717, 1.165) is 10.3 Å². The number of aromatic nitrogens is 2. The number of aryl methyl sites for hydroxylation is 1. The predicted octanol–water partition coefficient (Wildman–Crippen LogP) is -1.68. The van der Waals surface area contributed by atoms with Crippen molar-refractivity contribution in [2.45, 2.75) is 18.4 Å². The zero-order chi connectivity index (χ0) is 8.55. The van der Waals surface area contributed by atoms with Gasteiger partial charge in [0.05, 0.1) is 0 Å². The second-order valence-corrected chi connectivity index (χ2v) is 5.78. The molecule has 0 saturated carbocycles. The number of hydrogen-bond acceptors (Lipinski definition) is 3. The van der Waals surface area contributed by atoms with Gasteiger partial charge in [-0.3, -0.25) is 0 Å². The van der Waals surface area contributed by atoms with Crippen molar-refractivity contribution in [3.63, 3.8) is 0 Å². The Morgan fingerprint density at radius 2 is 2.25 bits per heavy atom. The first-order valence-electron chi connectivity index (χ1n) is 3.81. The van der Waals surface area contributed by atoms with Crippen LogP contribution in [-0.4, -0.2) is 20.7 Å². The van der Waals surface area contributed by atoms with Crippen LogP contribution >= 0.6 is 11.8 Å². The third-order valence-corrected chi connectivity index (χ3v) is 4.38. The monoisotopic (exact) mass is 293 g/mol. The summed E-state index contributed by atoms with van der Waals surface area (Å²) in [7, 11) is 0. The first kappa shape index (κ1) is 8.74. The van der Waals surface area contributed by atoms with Gasteiger partial charge >= 0.3 is 87.1 Å². The molecule has 1 aliphatic rings. The second kappa shape index (κ2) is 3.49. The van der Waals surface area contributed by atoms with E-state index >= 15 is 0 Å². The van der Waals surface area contributed by atoms with Gasteiger partial charge in [-0.05, 0) is 0 Å². The summed E-state index contributed by atoms with van der Waals surface area (Å²) in [5.41, 5.74) is 2.60. The first-order chi connectivity index (χ1) is 5.81. The molecule has 1 aliphatic heterocycles. The third-order valence-electron chi connectivity index (χ3n) is 1.91. The van der Waals surface area contributed by atoms with Gasteiger partial charge in [0.1, 0.15) is 0 Å². The van der Waals surface area contributed by atoms with Crippen LogP contribution in [0.5, 0.6) is 0 Å². The van der Waals surface area contributed by atoms with Crippen LogP contribution in [0.4, 0.5) is 0 Å². The maximum atomic E-state index is 4.53. The molecule has 0 atom stereocenters. The zero-order valence-corrected chi connectivity index (χ0v) is 10.1. The summed E-state index contributed by atoms with van der Waals surface area (Å²) in [5.74, 6) is 1.19. The topological polar surface area (TPSA) is 25.8 Å². The molecule has 2 heterocycles. The van der Waals surface area contributed by atoms with Crippen molar-refractivity contribution in [1.82, 2.24) is 9.97 Å². The Kier molecular flexibility index (Phi) is 2.55. The minimum atomic E-state index is 0.0491. The Balaban J connectivity index is 2.51. The van der Waals surface area contributed by atoms with E-state index in [1.165, 1.54) is 22.0 Å². The van der Waals surface area contributed by atoms with Crippen molar-refractivity contribution in [3.8, 4) is 0 Å². The van der Waals surface area contributed by atoms with Gasteiger partial charge in [0, 0.05) is 0 Å². The van der Waals surface area contributed by atoms with Gasteiger partial charge in [0.2, 0.25) is 0 Å². The molecule has 0 spiro atoms. The molecule has 1 aromatic heterocycles. The quantitative estimate of drug-likeness (QED) is 0.268. The maximum absolute atomic E-state index is 4.53. The van der Waals surface area contributed by atoms with Crippen LogP contribution in [0.3, 0.4) is 0 Å². The molecule has 2 nitrogen and oxygen atoms in total. The number of thioether (sulfide) groups is 1. The van der Waals surface area contributed by atoms with Crippen molar-refractivity contribution in [1.29, 1.82) is 0 Å². The van der Waals surface area contributed by atoms with E-state index in [1.807, 2.05) is 11.8 Å². The van der Waals surface area contributed by atoms with Gasteiger partial charge in [-0.25, -0.2) is 0 Å². The fourth-order valence-corrected chi connectivity index (χ4v) is 3.60. The number of hydrogen-bond donors (Lipinski definition) is 0. The summed E-state index contributed by atoms with van der Waals surface area (Å²) in [6.45, 7) is 2.11. The number of halogens is 1. The fourth-order valence-electron chi connectivity index (χ4n) is 1.28. The number of fused-ring (bicyclic) bond motifs is 1. The van der Waals surface area contributed by atoms with Gasteiger partial charge in [-0.2, -0.15) is 0 Å². The summed E-state index contributed by atoms with van der Waals surface area (Å²) in [6.07, 6.45) is 1.16. The second-order valence-electron chi connectivity index (χ2n) is 2.65. The average Bonchev–Trinajstić information content (AvgIpc) is 2.52. The van der Waals surface area contributed by atoms with Crippen molar-refractivity contribution in [2.24, 2.45) is 0 Å². The molecule has 66 valence electrons. The van der Waals surface area contributed by atoms with Gasteiger partial charge in [0.15, 0.2) is 0 Å². The molecule has 12 heavy (non-hydrogen) atoms. The Morgan fingerprint density at radius 3 is 3.00 bits per heavy atom. The summed E-state index contributed by atoms with van der Waals surface area (Å²) < 4.78 is 1.10. The van der Waals surface area contributed by atoms with E-state index in [2.05, 4.69) is 21.8 Å². The van der Waals surface area contributed by atoms with Gasteiger partial charge in [-0.1, -0.05) is 0 Å². The molecule has 4 heteroatoms. The van der Waals surface area contributed by atoms with Crippen molar-refractivity contribution >= 4 is 11.8 Å².